The van der Waals surface area contributed by atoms with Crippen LogP contribution < -0.4 is 10.1 Å². The lowest BCUT2D eigenvalue weighted by Crippen LogP contribution is -2.38. The predicted octanol–water partition coefficient (Wildman–Crippen LogP) is 3.26. The van der Waals surface area contributed by atoms with Crippen LogP contribution in [0.4, 0.5) is 0 Å². The minimum absolute atomic E-state index is 0.162. The van der Waals surface area contributed by atoms with Crippen molar-refractivity contribution in [3.8, 4) is 17.1 Å². The number of carbonyl (C=O) groups is 1. The second kappa shape index (κ2) is 8.49. The molecular weight excluding hydrogens is 340 g/mol. The maximum absolute atomic E-state index is 12.6. The Hall–Kier alpha value is -3.15. The summed E-state index contributed by atoms with van der Waals surface area (Å²) in [5.74, 6) is 2.02. The van der Waals surface area contributed by atoms with Gasteiger partial charge >= 0.3 is 0 Å². The van der Waals surface area contributed by atoms with Crippen LogP contribution in [0.15, 0.2) is 54.6 Å². The number of para-hydroxylation sites is 1. The van der Waals surface area contributed by atoms with E-state index in [-0.39, 0.29) is 5.91 Å². The number of carbonyl (C=O) groups excluding carboxylic acids is 1. The molecule has 0 fully saturated rings. The topological polar surface area (TPSA) is 69.0 Å². The zero-order chi connectivity index (χ0) is 19.2. The highest BCUT2D eigenvalue weighted by molar-refractivity contribution is 5.81. The summed E-state index contributed by atoms with van der Waals surface area (Å²) >= 11 is 0. The zero-order valence-electron chi connectivity index (χ0n) is 15.8. The van der Waals surface area contributed by atoms with E-state index in [2.05, 4.69) is 15.5 Å². The number of nitrogens with zero attached hydrogens (tertiary/aromatic N) is 3. The van der Waals surface area contributed by atoms with Crippen LogP contribution in [-0.4, -0.2) is 26.8 Å². The van der Waals surface area contributed by atoms with Gasteiger partial charge in [0.25, 0.3) is 5.91 Å². The smallest absolute Gasteiger partial charge is 0.261 e. The molecular formula is C21H24N4O2. The number of aromatic nitrogens is 3. The van der Waals surface area contributed by atoms with Crippen molar-refractivity contribution >= 4 is 5.91 Å². The predicted molar refractivity (Wildman–Crippen MR) is 104 cm³/mol. The van der Waals surface area contributed by atoms with Crippen molar-refractivity contribution in [1.82, 2.24) is 20.1 Å². The normalized spacial score (nSPS) is 11.8. The summed E-state index contributed by atoms with van der Waals surface area (Å²) in [6, 6.07) is 17.5. The van der Waals surface area contributed by atoms with Gasteiger partial charge in [-0.2, -0.15) is 0 Å². The van der Waals surface area contributed by atoms with Crippen LogP contribution in [0.25, 0.3) is 11.4 Å². The fraction of sp³-hybridized carbons (Fsp3) is 0.286. The molecule has 1 atom stereocenters. The lowest BCUT2D eigenvalue weighted by Gasteiger charge is -2.18. The molecule has 0 aliphatic rings. The minimum Gasteiger partial charge on any atom is -0.480 e. The molecule has 0 aliphatic heterocycles. The van der Waals surface area contributed by atoms with Crippen LogP contribution in [-0.2, 0) is 18.4 Å². The average molecular weight is 364 g/mol. The van der Waals surface area contributed by atoms with Crippen LogP contribution in [0.2, 0.25) is 0 Å². The van der Waals surface area contributed by atoms with Gasteiger partial charge in [-0.25, -0.2) is 0 Å². The van der Waals surface area contributed by atoms with E-state index in [0.717, 1.165) is 22.7 Å². The van der Waals surface area contributed by atoms with Crippen molar-refractivity contribution in [3.05, 3.63) is 66.0 Å². The van der Waals surface area contributed by atoms with Crippen LogP contribution in [0.3, 0.4) is 0 Å². The fourth-order valence-corrected chi connectivity index (χ4v) is 2.80. The SMILES string of the molecule is CCC(Oc1ccccc1C)C(=O)NCc1nnc(-c2ccccc2)n1C. The van der Waals surface area contributed by atoms with Gasteiger partial charge in [0, 0.05) is 12.6 Å². The summed E-state index contributed by atoms with van der Waals surface area (Å²) in [5, 5.41) is 11.4. The van der Waals surface area contributed by atoms with Crippen molar-refractivity contribution in [2.75, 3.05) is 0 Å². The van der Waals surface area contributed by atoms with Gasteiger partial charge in [-0.15, -0.1) is 10.2 Å². The summed E-state index contributed by atoms with van der Waals surface area (Å²) < 4.78 is 7.78. The maximum atomic E-state index is 12.6. The molecule has 1 heterocycles. The van der Waals surface area contributed by atoms with E-state index in [1.807, 2.05) is 80.1 Å². The second-order valence-electron chi connectivity index (χ2n) is 6.36. The van der Waals surface area contributed by atoms with Gasteiger partial charge in [-0.05, 0) is 25.0 Å². The lowest BCUT2D eigenvalue weighted by molar-refractivity contribution is -0.128. The number of nitrogens with one attached hydrogen (secondary N) is 1. The molecule has 3 aromatic rings. The van der Waals surface area contributed by atoms with Gasteiger partial charge < -0.3 is 14.6 Å². The van der Waals surface area contributed by atoms with Gasteiger partial charge in [0.15, 0.2) is 17.8 Å². The Morgan fingerprint density at radius 2 is 1.81 bits per heavy atom. The Kier molecular flexibility index (Phi) is 5.86. The minimum atomic E-state index is -0.548. The first-order valence-corrected chi connectivity index (χ1v) is 9.03. The first-order chi connectivity index (χ1) is 13.1. The maximum Gasteiger partial charge on any atom is 0.261 e. The van der Waals surface area contributed by atoms with E-state index < -0.39 is 6.10 Å². The summed E-state index contributed by atoms with van der Waals surface area (Å²) in [6.45, 7) is 4.19. The summed E-state index contributed by atoms with van der Waals surface area (Å²) in [5.41, 5.74) is 1.99. The third kappa shape index (κ3) is 4.34. The zero-order valence-corrected chi connectivity index (χ0v) is 15.8. The molecule has 6 nitrogen and oxygen atoms in total. The Morgan fingerprint density at radius 3 is 2.52 bits per heavy atom. The van der Waals surface area contributed by atoms with E-state index >= 15 is 0 Å². The molecule has 0 spiro atoms. The highest BCUT2D eigenvalue weighted by Crippen LogP contribution is 2.19. The molecule has 0 saturated carbocycles. The standard InChI is InChI=1S/C21H24N4O2/c1-4-17(27-18-13-9-8-10-15(18)2)21(26)22-14-19-23-24-20(25(19)3)16-11-6-5-7-12-16/h5-13,17H,4,14H2,1-3H3,(H,22,26). The number of rotatable bonds is 7. The highest BCUT2D eigenvalue weighted by Gasteiger charge is 2.20. The van der Waals surface area contributed by atoms with Crippen LogP contribution in [0.5, 0.6) is 5.75 Å². The van der Waals surface area contributed by atoms with Crippen molar-refractivity contribution in [3.63, 3.8) is 0 Å². The van der Waals surface area contributed by atoms with Crippen LogP contribution >= 0.6 is 0 Å². The molecule has 3 rings (SSSR count). The van der Waals surface area contributed by atoms with Crippen molar-refractivity contribution in [2.24, 2.45) is 7.05 Å². The average Bonchev–Trinajstić information content (AvgIpc) is 3.06. The summed E-state index contributed by atoms with van der Waals surface area (Å²) in [4.78, 5) is 12.6. The van der Waals surface area contributed by atoms with E-state index in [1.165, 1.54) is 0 Å². The molecule has 140 valence electrons. The van der Waals surface area contributed by atoms with Crippen molar-refractivity contribution < 1.29 is 9.53 Å². The molecule has 27 heavy (non-hydrogen) atoms. The monoisotopic (exact) mass is 364 g/mol. The largest absolute Gasteiger partial charge is 0.480 e. The van der Waals surface area contributed by atoms with Gasteiger partial charge in [-0.3, -0.25) is 4.79 Å². The molecule has 0 radical (unpaired) electrons. The first-order valence-electron chi connectivity index (χ1n) is 9.03. The number of ether oxygens (including phenoxy) is 1. The Bertz CT molecular complexity index is 906. The lowest BCUT2D eigenvalue weighted by atomic mass is 10.2. The number of aryl methyl sites for hydroxylation is 1. The summed E-state index contributed by atoms with van der Waals surface area (Å²) in [7, 11) is 1.89. The fourth-order valence-electron chi connectivity index (χ4n) is 2.80. The molecule has 0 saturated heterocycles. The Balaban J connectivity index is 1.65. The van der Waals surface area contributed by atoms with Gasteiger partial charge in [0.05, 0.1) is 6.54 Å². The molecule has 6 heteroatoms. The number of amides is 1. The summed E-state index contributed by atoms with van der Waals surface area (Å²) in [6.07, 6.45) is 0.0294. The quantitative estimate of drug-likeness (QED) is 0.699. The number of hydrogen-bond donors (Lipinski definition) is 1. The second-order valence-corrected chi connectivity index (χ2v) is 6.36. The number of hydrogen-bond acceptors (Lipinski definition) is 4. The molecule has 1 N–H and O–H groups in total. The van der Waals surface area contributed by atoms with E-state index in [9.17, 15) is 4.79 Å². The third-order valence-corrected chi connectivity index (χ3v) is 4.44. The highest BCUT2D eigenvalue weighted by atomic mass is 16.5. The Labute approximate surface area is 159 Å². The molecule has 1 amide bonds. The molecule has 1 aromatic heterocycles. The van der Waals surface area contributed by atoms with E-state index in [4.69, 9.17) is 4.74 Å². The molecule has 2 aromatic carbocycles. The number of benzene rings is 2. The van der Waals surface area contributed by atoms with Crippen molar-refractivity contribution in [2.45, 2.75) is 32.9 Å². The van der Waals surface area contributed by atoms with Gasteiger partial charge in [-0.1, -0.05) is 55.5 Å². The van der Waals surface area contributed by atoms with Crippen LogP contribution in [0, 0.1) is 6.92 Å². The van der Waals surface area contributed by atoms with E-state index in [1.54, 1.807) is 0 Å². The van der Waals surface area contributed by atoms with Crippen molar-refractivity contribution in [1.29, 1.82) is 0 Å². The molecule has 1 unspecified atom stereocenters. The van der Waals surface area contributed by atoms with Gasteiger partial charge in [0.2, 0.25) is 0 Å². The van der Waals surface area contributed by atoms with Gasteiger partial charge in [0.1, 0.15) is 5.75 Å². The van der Waals surface area contributed by atoms with E-state index in [0.29, 0.717) is 18.8 Å². The molecule has 0 aliphatic carbocycles. The Morgan fingerprint density at radius 1 is 1.11 bits per heavy atom. The first kappa shape index (κ1) is 18.6. The van der Waals surface area contributed by atoms with Crippen LogP contribution in [0.1, 0.15) is 24.7 Å². The third-order valence-electron chi connectivity index (χ3n) is 4.44. The molecule has 0 bridgehead atoms.